The Morgan fingerprint density at radius 1 is 0.931 bits per heavy atom. The minimum Gasteiger partial charge on any atom is -0.490 e. The highest BCUT2D eigenvalue weighted by molar-refractivity contribution is 5.99. The maximum atomic E-state index is 10.1. The van der Waals surface area contributed by atoms with Gasteiger partial charge >= 0.3 is 0 Å². The summed E-state index contributed by atoms with van der Waals surface area (Å²) in [6.07, 6.45) is 2.79. The summed E-state index contributed by atoms with van der Waals surface area (Å²) in [5, 5.41) is 22.4. The average Bonchev–Trinajstić information content (AvgIpc) is 3.23. The van der Waals surface area contributed by atoms with E-state index in [0.717, 1.165) is 27.8 Å². The SMILES string of the molecule is CCC(O)COc1c2c(c(OCC(O)CC)c3c(C)cccc13)C1CCC2C1C. The molecule has 0 spiro atoms. The van der Waals surface area contributed by atoms with Crippen LogP contribution < -0.4 is 9.47 Å². The number of fused-ring (bicyclic) bond motifs is 6. The van der Waals surface area contributed by atoms with Gasteiger partial charge < -0.3 is 19.7 Å². The summed E-state index contributed by atoms with van der Waals surface area (Å²) >= 11 is 0. The first kappa shape index (κ1) is 20.5. The first-order valence-electron chi connectivity index (χ1n) is 11.2. The molecule has 1 fully saturated rings. The highest BCUT2D eigenvalue weighted by Gasteiger charge is 2.48. The van der Waals surface area contributed by atoms with Crippen molar-refractivity contribution in [2.75, 3.05) is 13.2 Å². The highest BCUT2D eigenvalue weighted by atomic mass is 16.5. The van der Waals surface area contributed by atoms with E-state index in [-0.39, 0.29) is 0 Å². The smallest absolute Gasteiger partial charge is 0.131 e. The first-order valence-corrected chi connectivity index (χ1v) is 11.2. The largest absolute Gasteiger partial charge is 0.490 e. The van der Waals surface area contributed by atoms with Gasteiger partial charge in [-0.1, -0.05) is 39.0 Å². The molecule has 4 rings (SSSR count). The fourth-order valence-corrected chi connectivity index (χ4v) is 5.30. The van der Waals surface area contributed by atoms with Crippen LogP contribution in [-0.2, 0) is 0 Å². The third kappa shape index (κ3) is 3.40. The molecule has 2 N–H and O–H groups in total. The van der Waals surface area contributed by atoms with Gasteiger partial charge in [-0.2, -0.15) is 0 Å². The zero-order chi connectivity index (χ0) is 20.7. The van der Waals surface area contributed by atoms with E-state index >= 15 is 0 Å². The van der Waals surface area contributed by atoms with Crippen molar-refractivity contribution in [3.63, 3.8) is 0 Å². The molecule has 2 aliphatic rings. The maximum absolute atomic E-state index is 10.1. The molecule has 0 saturated heterocycles. The molecular weight excluding hydrogens is 364 g/mol. The van der Waals surface area contributed by atoms with Crippen molar-refractivity contribution < 1.29 is 19.7 Å². The number of rotatable bonds is 8. The van der Waals surface area contributed by atoms with Crippen LogP contribution in [0, 0.1) is 12.8 Å². The van der Waals surface area contributed by atoms with Crippen LogP contribution in [0.1, 0.15) is 75.0 Å². The Hall–Kier alpha value is -1.78. The second-order valence-electron chi connectivity index (χ2n) is 8.88. The van der Waals surface area contributed by atoms with Gasteiger partial charge in [0.2, 0.25) is 0 Å². The van der Waals surface area contributed by atoms with Crippen LogP contribution in [0.25, 0.3) is 10.8 Å². The summed E-state index contributed by atoms with van der Waals surface area (Å²) in [4.78, 5) is 0. The molecule has 0 aromatic heterocycles. The van der Waals surface area contributed by atoms with Crippen LogP contribution in [0.4, 0.5) is 0 Å². The lowest BCUT2D eigenvalue weighted by Gasteiger charge is -2.26. The molecule has 158 valence electrons. The van der Waals surface area contributed by atoms with E-state index in [0.29, 0.717) is 43.8 Å². The molecule has 5 atom stereocenters. The summed E-state index contributed by atoms with van der Waals surface area (Å²) in [5.41, 5.74) is 3.73. The lowest BCUT2D eigenvalue weighted by atomic mass is 9.86. The van der Waals surface area contributed by atoms with E-state index in [2.05, 4.69) is 32.0 Å². The zero-order valence-electron chi connectivity index (χ0n) is 18.1. The van der Waals surface area contributed by atoms with Crippen molar-refractivity contribution in [2.24, 2.45) is 5.92 Å². The number of benzene rings is 2. The van der Waals surface area contributed by atoms with Crippen LogP contribution >= 0.6 is 0 Å². The molecule has 29 heavy (non-hydrogen) atoms. The molecule has 5 unspecified atom stereocenters. The van der Waals surface area contributed by atoms with Gasteiger partial charge in [0.25, 0.3) is 0 Å². The Bertz CT molecular complexity index is 890. The van der Waals surface area contributed by atoms with Gasteiger partial charge in [-0.15, -0.1) is 0 Å². The van der Waals surface area contributed by atoms with E-state index in [1.54, 1.807) is 0 Å². The zero-order valence-corrected chi connectivity index (χ0v) is 18.1. The van der Waals surface area contributed by atoms with Crippen LogP contribution in [0.2, 0.25) is 0 Å². The average molecular weight is 399 g/mol. The Morgan fingerprint density at radius 3 is 2.07 bits per heavy atom. The van der Waals surface area contributed by atoms with Gasteiger partial charge in [-0.25, -0.2) is 0 Å². The Kier molecular flexibility index (Phi) is 5.76. The Morgan fingerprint density at radius 2 is 1.48 bits per heavy atom. The fraction of sp³-hybridized carbons (Fsp3) is 0.600. The quantitative estimate of drug-likeness (QED) is 0.653. The number of ether oxygens (including phenoxy) is 2. The lowest BCUT2D eigenvalue weighted by Crippen LogP contribution is -2.19. The van der Waals surface area contributed by atoms with E-state index in [9.17, 15) is 10.2 Å². The van der Waals surface area contributed by atoms with Gasteiger partial charge in [-0.05, 0) is 55.9 Å². The van der Waals surface area contributed by atoms with Crippen LogP contribution in [0.5, 0.6) is 11.5 Å². The fourth-order valence-electron chi connectivity index (χ4n) is 5.30. The van der Waals surface area contributed by atoms with Crippen molar-refractivity contribution in [1.29, 1.82) is 0 Å². The summed E-state index contributed by atoms with van der Waals surface area (Å²) in [7, 11) is 0. The van der Waals surface area contributed by atoms with Crippen molar-refractivity contribution in [1.82, 2.24) is 0 Å². The van der Waals surface area contributed by atoms with Crippen molar-refractivity contribution in [3.8, 4) is 11.5 Å². The number of aryl methyl sites for hydroxylation is 1. The van der Waals surface area contributed by atoms with Crippen molar-refractivity contribution >= 4 is 10.8 Å². The molecule has 0 amide bonds. The third-order valence-electron chi connectivity index (χ3n) is 7.11. The first-order chi connectivity index (χ1) is 14.0. The molecule has 0 aliphatic heterocycles. The van der Waals surface area contributed by atoms with Gasteiger partial charge in [0, 0.05) is 21.9 Å². The van der Waals surface area contributed by atoms with Gasteiger partial charge in [0.15, 0.2) is 0 Å². The third-order valence-corrected chi connectivity index (χ3v) is 7.11. The predicted octanol–water partition coefficient (Wildman–Crippen LogP) is 5.06. The van der Waals surface area contributed by atoms with Crippen molar-refractivity contribution in [3.05, 3.63) is 34.9 Å². The van der Waals surface area contributed by atoms with Crippen LogP contribution in [-0.4, -0.2) is 35.6 Å². The number of hydrogen-bond acceptors (Lipinski definition) is 4. The summed E-state index contributed by atoms with van der Waals surface area (Å²) in [6.45, 7) is 9.02. The molecule has 2 aliphatic carbocycles. The van der Waals surface area contributed by atoms with E-state index in [1.807, 2.05) is 13.8 Å². The Balaban J connectivity index is 1.91. The number of aliphatic hydroxyl groups is 2. The van der Waals surface area contributed by atoms with Gasteiger partial charge in [0.05, 0.1) is 12.2 Å². The molecule has 1 saturated carbocycles. The molecule has 2 aromatic rings. The minimum atomic E-state index is -0.462. The number of aliphatic hydroxyl groups excluding tert-OH is 2. The Labute approximate surface area is 173 Å². The monoisotopic (exact) mass is 398 g/mol. The summed E-state index contributed by atoms with van der Waals surface area (Å²) < 4.78 is 12.7. The minimum absolute atomic E-state index is 0.312. The standard InChI is InChI=1S/C25H34O4/c1-5-16(26)12-28-24-20-9-7-8-14(3)21(20)25(29-13-17(27)6-2)23-19-11-10-18(15(19)4)22(23)24/h7-9,15-19,26-27H,5-6,10-13H2,1-4H3. The molecular formula is C25H34O4. The van der Waals surface area contributed by atoms with E-state index in [4.69, 9.17) is 9.47 Å². The van der Waals surface area contributed by atoms with Crippen molar-refractivity contribution in [2.45, 2.75) is 77.4 Å². The van der Waals surface area contributed by atoms with E-state index < -0.39 is 12.2 Å². The van der Waals surface area contributed by atoms with Crippen LogP contribution in [0.3, 0.4) is 0 Å². The topological polar surface area (TPSA) is 58.9 Å². The second kappa shape index (κ2) is 8.16. The van der Waals surface area contributed by atoms with E-state index in [1.165, 1.54) is 24.0 Å². The lowest BCUT2D eigenvalue weighted by molar-refractivity contribution is 0.102. The van der Waals surface area contributed by atoms with Gasteiger partial charge in [-0.3, -0.25) is 0 Å². The molecule has 0 radical (unpaired) electrons. The highest BCUT2D eigenvalue weighted by Crippen LogP contribution is 2.64. The number of hydrogen-bond donors (Lipinski definition) is 2. The summed E-state index contributed by atoms with van der Waals surface area (Å²) in [6, 6.07) is 6.28. The molecule has 2 bridgehead atoms. The molecule has 4 nitrogen and oxygen atoms in total. The maximum Gasteiger partial charge on any atom is 0.131 e. The molecule has 2 aromatic carbocycles. The summed E-state index contributed by atoms with van der Waals surface area (Å²) in [5.74, 6) is 3.41. The van der Waals surface area contributed by atoms with Crippen LogP contribution in [0.15, 0.2) is 18.2 Å². The molecule has 0 heterocycles. The normalized spacial score (nSPS) is 24.6. The van der Waals surface area contributed by atoms with Gasteiger partial charge in [0.1, 0.15) is 24.7 Å². The second-order valence-corrected chi connectivity index (χ2v) is 8.88. The molecule has 4 heteroatoms. The predicted molar refractivity (Wildman–Crippen MR) is 116 cm³/mol.